The third-order valence-electron chi connectivity index (χ3n) is 3.63. The van der Waals surface area contributed by atoms with Gasteiger partial charge in [-0.2, -0.15) is 0 Å². The Kier molecular flexibility index (Phi) is 3.75. The molecule has 1 fully saturated rings. The minimum absolute atomic E-state index is 0.0189. The van der Waals surface area contributed by atoms with Gasteiger partial charge in [0.25, 0.3) is 0 Å². The van der Waals surface area contributed by atoms with Crippen LogP contribution in [0.3, 0.4) is 0 Å². The molecule has 0 amide bonds. The Morgan fingerprint density at radius 3 is 2.12 bits per heavy atom. The first-order valence-corrected chi connectivity index (χ1v) is 7.93. The van der Waals surface area contributed by atoms with E-state index in [0.717, 1.165) is 19.3 Å². The van der Waals surface area contributed by atoms with Gasteiger partial charge < -0.3 is 5.32 Å². The summed E-state index contributed by atoms with van der Waals surface area (Å²) in [5.74, 6) is 0.594. The highest BCUT2D eigenvalue weighted by atomic mass is 32.2. The first-order valence-electron chi connectivity index (χ1n) is 6.04. The molecule has 1 rings (SSSR count). The fourth-order valence-corrected chi connectivity index (χ4v) is 3.70. The van der Waals surface area contributed by atoms with Gasteiger partial charge in [0.2, 0.25) is 0 Å². The minimum atomic E-state index is -2.96. The molecule has 0 spiro atoms. The molecular weight excluding hydrogens is 222 g/mol. The topological polar surface area (TPSA) is 46.2 Å². The second kappa shape index (κ2) is 4.30. The molecule has 3 nitrogen and oxygen atoms in total. The molecular formula is C12H25NO2S. The van der Waals surface area contributed by atoms with Gasteiger partial charge in [-0.25, -0.2) is 8.42 Å². The summed E-state index contributed by atoms with van der Waals surface area (Å²) >= 11 is 0. The van der Waals surface area contributed by atoms with E-state index in [0.29, 0.717) is 12.5 Å². The Labute approximate surface area is 99.9 Å². The summed E-state index contributed by atoms with van der Waals surface area (Å²) in [6.07, 6.45) is 4.12. The normalized spacial score (nSPS) is 31.2. The number of rotatable bonds is 4. The van der Waals surface area contributed by atoms with E-state index in [1.165, 1.54) is 6.26 Å². The predicted molar refractivity (Wildman–Crippen MR) is 68.3 cm³/mol. The van der Waals surface area contributed by atoms with E-state index in [2.05, 4.69) is 33.0 Å². The fraction of sp³-hybridized carbons (Fsp3) is 1.00. The van der Waals surface area contributed by atoms with Crippen LogP contribution >= 0.6 is 0 Å². The van der Waals surface area contributed by atoms with Crippen molar-refractivity contribution in [3.05, 3.63) is 0 Å². The van der Waals surface area contributed by atoms with Gasteiger partial charge in [-0.05, 0) is 39.5 Å². The van der Waals surface area contributed by atoms with Crippen molar-refractivity contribution in [1.82, 2.24) is 5.32 Å². The highest BCUT2D eigenvalue weighted by Crippen LogP contribution is 2.45. The largest absolute Gasteiger partial charge is 0.310 e. The van der Waals surface area contributed by atoms with Gasteiger partial charge in [-0.15, -0.1) is 0 Å². The zero-order valence-electron chi connectivity index (χ0n) is 11.1. The average Bonchev–Trinajstić information content (AvgIpc) is 1.97. The molecule has 96 valence electrons. The highest BCUT2D eigenvalue weighted by molar-refractivity contribution is 7.92. The SMILES string of the molecule is CCC1CC(CNC(C)(C)C)(S(C)(=O)=O)C1. The molecule has 4 heteroatoms. The summed E-state index contributed by atoms with van der Waals surface area (Å²) in [6, 6.07) is 0. The van der Waals surface area contributed by atoms with Crippen molar-refractivity contribution in [2.45, 2.75) is 57.2 Å². The Bertz CT molecular complexity index is 335. The van der Waals surface area contributed by atoms with Crippen LogP contribution in [0.5, 0.6) is 0 Å². The Balaban J connectivity index is 2.70. The zero-order valence-corrected chi connectivity index (χ0v) is 11.9. The summed E-state index contributed by atoms with van der Waals surface area (Å²) < 4.78 is 23.2. The lowest BCUT2D eigenvalue weighted by molar-refractivity contribution is 0.194. The summed E-state index contributed by atoms with van der Waals surface area (Å²) in [7, 11) is -2.96. The van der Waals surface area contributed by atoms with Gasteiger partial charge in [0.05, 0.1) is 4.75 Å². The molecule has 0 radical (unpaired) electrons. The van der Waals surface area contributed by atoms with Gasteiger partial charge in [-0.1, -0.05) is 13.3 Å². The molecule has 16 heavy (non-hydrogen) atoms. The predicted octanol–water partition coefficient (Wildman–Crippen LogP) is 1.98. The van der Waals surface area contributed by atoms with E-state index in [4.69, 9.17) is 0 Å². The van der Waals surface area contributed by atoms with Crippen molar-refractivity contribution >= 4 is 9.84 Å². The lowest BCUT2D eigenvalue weighted by Crippen LogP contribution is -2.58. The standard InChI is InChI=1S/C12H25NO2S/c1-6-10-7-12(8-10,16(5,14)15)9-13-11(2,3)4/h10,13H,6-9H2,1-5H3. The number of nitrogens with one attached hydrogen (secondary N) is 1. The maximum Gasteiger partial charge on any atom is 0.154 e. The van der Waals surface area contributed by atoms with Crippen LogP contribution in [-0.4, -0.2) is 31.5 Å². The Hall–Kier alpha value is -0.0900. The van der Waals surface area contributed by atoms with Crippen molar-refractivity contribution < 1.29 is 8.42 Å². The summed E-state index contributed by atoms with van der Waals surface area (Å²) in [4.78, 5) is 0. The maximum atomic E-state index is 11.9. The van der Waals surface area contributed by atoms with E-state index in [1.807, 2.05) is 0 Å². The number of hydrogen-bond acceptors (Lipinski definition) is 3. The van der Waals surface area contributed by atoms with E-state index in [9.17, 15) is 8.42 Å². The minimum Gasteiger partial charge on any atom is -0.310 e. The van der Waals surface area contributed by atoms with Crippen molar-refractivity contribution in [2.24, 2.45) is 5.92 Å². The van der Waals surface area contributed by atoms with Crippen molar-refractivity contribution in [3.8, 4) is 0 Å². The molecule has 0 aromatic heterocycles. The first-order chi connectivity index (χ1) is 7.10. The van der Waals surface area contributed by atoms with Crippen LogP contribution in [0.15, 0.2) is 0 Å². The summed E-state index contributed by atoms with van der Waals surface area (Å²) in [5, 5.41) is 3.34. The smallest absolute Gasteiger partial charge is 0.154 e. The molecule has 0 atom stereocenters. The van der Waals surface area contributed by atoms with Crippen molar-refractivity contribution in [1.29, 1.82) is 0 Å². The zero-order chi connectivity index (χ0) is 12.6. The molecule has 0 aromatic carbocycles. The average molecular weight is 247 g/mol. The van der Waals surface area contributed by atoms with Crippen LogP contribution in [0.4, 0.5) is 0 Å². The van der Waals surface area contributed by atoms with Crippen molar-refractivity contribution in [3.63, 3.8) is 0 Å². The first kappa shape index (κ1) is 14.0. The van der Waals surface area contributed by atoms with Gasteiger partial charge in [0.15, 0.2) is 9.84 Å². The molecule has 0 aromatic rings. The number of sulfone groups is 1. The summed E-state index contributed by atoms with van der Waals surface area (Å²) in [5.41, 5.74) is -0.0189. The highest BCUT2D eigenvalue weighted by Gasteiger charge is 2.51. The van der Waals surface area contributed by atoms with Crippen LogP contribution in [0.2, 0.25) is 0 Å². The third-order valence-corrected chi connectivity index (χ3v) is 5.68. The fourth-order valence-electron chi connectivity index (χ4n) is 2.29. The molecule has 0 unspecified atom stereocenters. The molecule has 1 saturated carbocycles. The number of hydrogen-bond donors (Lipinski definition) is 1. The molecule has 0 saturated heterocycles. The Morgan fingerprint density at radius 2 is 1.81 bits per heavy atom. The molecule has 1 N–H and O–H groups in total. The molecule has 1 aliphatic carbocycles. The molecule has 0 heterocycles. The molecule has 0 bridgehead atoms. The quantitative estimate of drug-likeness (QED) is 0.826. The second-order valence-corrected chi connectivity index (χ2v) is 8.65. The monoisotopic (exact) mass is 247 g/mol. The van der Waals surface area contributed by atoms with Gasteiger partial charge >= 0.3 is 0 Å². The van der Waals surface area contributed by atoms with Crippen LogP contribution < -0.4 is 5.32 Å². The van der Waals surface area contributed by atoms with E-state index in [1.54, 1.807) is 0 Å². The lowest BCUT2D eigenvalue weighted by Gasteiger charge is -2.47. The van der Waals surface area contributed by atoms with Crippen LogP contribution in [0, 0.1) is 5.92 Å². The van der Waals surface area contributed by atoms with Crippen LogP contribution in [0.25, 0.3) is 0 Å². The van der Waals surface area contributed by atoms with Crippen LogP contribution in [-0.2, 0) is 9.84 Å². The van der Waals surface area contributed by atoms with Gasteiger partial charge in [0, 0.05) is 18.3 Å². The van der Waals surface area contributed by atoms with E-state index in [-0.39, 0.29) is 5.54 Å². The van der Waals surface area contributed by atoms with Gasteiger partial charge in [0.1, 0.15) is 0 Å². The van der Waals surface area contributed by atoms with Gasteiger partial charge in [-0.3, -0.25) is 0 Å². The third kappa shape index (κ3) is 2.98. The maximum absolute atomic E-state index is 11.9. The summed E-state index contributed by atoms with van der Waals surface area (Å²) in [6.45, 7) is 8.93. The molecule has 0 aliphatic heterocycles. The second-order valence-electron chi connectivity index (χ2n) is 6.24. The van der Waals surface area contributed by atoms with Crippen molar-refractivity contribution in [2.75, 3.05) is 12.8 Å². The van der Waals surface area contributed by atoms with E-state index >= 15 is 0 Å². The van der Waals surface area contributed by atoms with Crippen LogP contribution in [0.1, 0.15) is 47.0 Å². The molecule has 1 aliphatic rings. The van der Waals surface area contributed by atoms with E-state index < -0.39 is 14.6 Å². The Morgan fingerprint density at radius 1 is 1.31 bits per heavy atom. The lowest BCUT2D eigenvalue weighted by atomic mass is 9.72.